The average molecular weight is 252 g/mol. The van der Waals surface area contributed by atoms with Crippen molar-refractivity contribution in [1.29, 1.82) is 0 Å². The summed E-state index contributed by atoms with van der Waals surface area (Å²) in [5, 5.41) is 3.05. The number of hydrogen-bond acceptors (Lipinski definition) is 2. The zero-order valence-electron chi connectivity index (χ0n) is 11.5. The van der Waals surface area contributed by atoms with E-state index in [1.807, 2.05) is 0 Å². The van der Waals surface area contributed by atoms with Gasteiger partial charge in [-0.25, -0.2) is 0 Å². The first-order valence-electron chi connectivity index (χ1n) is 7.78. The molecule has 0 aromatic heterocycles. The molecule has 2 saturated carbocycles. The Kier molecular flexibility index (Phi) is 5.04. The van der Waals surface area contributed by atoms with Crippen LogP contribution in [0.15, 0.2) is 0 Å². The van der Waals surface area contributed by atoms with Crippen LogP contribution in [0.1, 0.15) is 70.6 Å². The Morgan fingerprint density at radius 3 is 2.44 bits per heavy atom. The molecule has 2 rings (SSSR count). The third kappa shape index (κ3) is 3.71. The van der Waals surface area contributed by atoms with Crippen LogP contribution in [0, 0.1) is 5.92 Å². The maximum absolute atomic E-state index is 12.1. The van der Waals surface area contributed by atoms with Gasteiger partial charge in [0.25, 0.3) is 0 Å². The Bertz CT molecular complexity index is 266. The van der Waals surface area contributed by atoms with E-state index in [0.717, 1.165) is 44.6 Å². The first kappa shape index (κ1) is 13.9. The number of carbonyl (C=O) groups is 1. The van der Waals surface area contributed by atoms with Gasteiger partial charge in [0.15, 0.2) is 0 Å². The van der Waals surface area contributed by atoms with Gasteiger partial charge in [0.05, 0.1) is 5.54 Å². The molecule has 1 amide bonds. The molecule has 2 aliphatic carbocycles. The van der Waals surface area contributed by atoms with E-state index >= 15 is 0 Å². The number of hydrogen-bond donors (Lipinski definition) is 2. The summed E-state index contributed by atoms with van der Waals surface area (Å²) >= 11 is 0. The van der Waals surface area contributed by atoms with Crippen LogP contribution in [-0.2, 0) is 4.79 Å². The van der Waals surface area contributed by atoms with E-state index in [4.69, 9.17) is 5.73 Å². The fourth-order valence-electron chi connectivity index (χ4n) is 3.48. The van der Waals surface area contributed by atoms with Crippen molar-refractivity contribution in [3.05, 3.63) is 0 Å². The summed E-state index contributed by atoms with van der Waals surface area (Å²) in [5.74, 6) is 1.01. The van der Waals surface area contributed by atoms with Gasteiger partial charge in [0, 0.05) is 6.54 Å². The lowest BCUT2D eigenvalue weighted by Gasteiger charge is -2.31. The lowest BCUT2D eigenvalue weighted by molar-refractivity contribution is -0.127. The van der Waals surface area contributed by atoms with E-state index < -0.39 is 5.54 Å². The Balaban J connectivity index is 1.61. The fraction of sp³-hybridized carbons (Fsp3) is 0.933. The molecule has 3 nitrogen and oxygen atoms in total. The van der Waals surface area contributed by atoms with E-state index in [1.54, 1.807) is 0 Å². The van der Waals surface area contributed by atoms with Crippen LogP contribution < -0.4 is 11.1 Å². The molecule has 0 aromatic carbocycles. The van der Waals surface area contributed by atoms with Gasteiger partial charge in [-0.15, -0.1) is 0 Å². The minimum absolute atomic E-state index is 0.0913. The van der Waals surface area contributed by atoms with Crippen LogP contribution in [-0.4, -0.2) is 18.0 Å². The van der Waals surface area contributed by atoms with Crippen molar-refractivity contribution >= 4 is 5.91 Å². The van der Waals surface area contributed by atoms with E-state index in [0.29, 0.717) is 0 Å². The maximum atomic E-state index is 12.1. The van der Waals surface area contributed by atoms with Crippen molar-refractivity contribution in [2.75, 3.05) is 6.54 Å². The van der Waals surface area contributed by atoms with Gasteiger partial charge in [-0.2, -0.15) is 0 Å². The van der Waals surface area contributed by atoms with Crippen molar-refractivity contribution in [2.45, 2.75) is 76.2 Å². The molecule has 0 radical (unpaired) electrons. The second kappa shape index (κ2) is 6.55. The first-order chi connectivity index (χ1) is 8.71. The summed E-state index contributed by atoms with van der Waals surface area (Å²) in [6.07, 6.45) is 13.2. The highest BCUT2D eigenvalue weighted by Crippen LogP contribution is 2.28. The highest BCUT2D eigenvalue weighted by molar-refractivity contribution is 5.86. The number of nitrogens with one attached hydrogen (secondary N) is 1. The summed E-state index contributed by atoms with van der Waals surface area (Å²) in [4.78, 5) is 12.1. The second-order valence-electron chi connectivity index (χ2n) is 6.27. The molecule has 3 N–H and O–H groups in total. The maximum Gasteiger partial charge on any atom is 0.240 e. The largest absolute Gasteiger partial charge is 0.355 e. The Morgan fingerprint density at radius 1 is 1.11 bits per heavy atom. The van der Waals surface area contributed by atoms with E-state index in [-0.39, 0.29) is 5.91 Å². The third-order valence-electron chi connectivity index (χ3n) is 4.75. The predicted molar refractivity (Wildman–Crippen MR) is 74.2 cm³/mol. The molecule has 0 bridgehead atoms. The highest BCUT2D eigenvalue weighted by atomic mass is 16.2. The lowest BCUT2D eigenvalue weighted by atomic mass is 9.82. The summed E-state index contributed by atoms with van der Waals surface area (Å²) in [5.41, 5.74) is 5.63. The van der Waals surface area contributed by atoms with E-state index in [9.17, 15) is 4.79 Å². The zero-order valence-corrected chi connectivity index (χ0v) is 11.5. The van der Waals surface area contributed by atoms with Crippen LogP contribution in [0.4, 0.5) is 0 Å². The van der Waals surface area contributed by atoms with Crippen molar-refractivity contribution in [3.8, 4) is 0 Å². The van der Waals surface area contributed by atoms with Gasteiger partial charge < -0.3 is 11.1 Å². The summed E-state index contributed by atoms with van der Waals surface area (Å²) in [6, 6.07) is 0. The molecule has 0 aliphatic heterocycles. The Hall–Kier alpha value is -0.570. The van der Waals surface area contributed by atoms with Gasteiger partial charge in [-0.1, -0.05) is 44.9 Å². The molecular formula is C15H28N2O. The fourth-order valence-corrected chi connectivity index (χ4v) is 3.48. The molecule has 0 heterocycles. The summed E-state index contributed by atoms with van der Waals surface area (Å²) in [7, 11) is 0. The molecule has 2 aliphatic rings. The topological polar surface area (TPSA) is 55.1 Å². The first-order valence-corrected chi connectivity index (χ1v) is 7.78. The minimum atomic E-state index is -0.564. The SMILES string of the molecule is NC1(C(=O)NCCCC2CCCC2)CCCCC1. The van der Waals surface area contributed by atoms with E-state index in [2.05, 4.69) is 5.32 Å². The van der Waals surface area contributed by atoms with Gasteiger partial charge in [-0.3, -0.25) is 4.79 Å². The van der Waals surface area contributed by atoms with Crippen LogP contribution in [0.5, 0.6) is 0 Å². The smallest absolute Gasteiger partial charge is 0.240 e. The van der Waals surface area contributed by atoms with Crippen molar-refractivity contribution < 1.29 is 4.79 Å². The van der Waals surface area contributed by atoms with Gasteiger partial charge in [-0.05, 0) is 31.6 Å². The number of rotatable bonds is 5. The van der Waals surface area contributed by atoms with Gasteiger partial charge >= 0.3 is 0 Å². The second-order valence-corrected chi connectivity index (χ2v) is 6.27. The number of nitrogens with two attached hydrogens (primary N) is 1. The molecule has 104 valence electrons. The molecule has 0 spiro atoms. The summed E-state index contributed by atoms with van der Waals surface area (Å²) < 4.78 is 0. The molecule has 3 heteroatoms. The molecular weight excluding hydrogens is 224 g/mol. The molecule has 0 saturated heterocycles. The van der Waals surface area contributed by atoms with Crippen LogP contribution in [0.25, 0.3) is 0 Å². The van der Waals surface area contributed by atoms with Crippen LogP contribution in [0.3, 0.4) is 0 Å². The van der Waals surface area contributed by atoms with Crippen molar-refractivity contribution in [2.24, 2.45) is 11.7 Å². The van der Waals surface area contributed by atoms with Gasteiger partial charge in [0.2, 0.25) is 5.91 Å². The predicted octanol–water partition coefficient (Wildman–Crippen LogP) is 2.73. The molecule has 0 atom stereocenters. The monoisotopic (exact) mass is 252 g/mol. The number of carbonyl (C=O) groups excluding carboxylic acids is 1. The molecule has 18 heavy (non-hydrogen) atoms. The Morgan fingerprint density at radius 2 is 1.78 bits per heavy atom. The molecule has 0 aromatic rings. The molecule has 0 unspecified atom stereocenters. The minimum Gasteiger partial charge on any atom is -0.355 e. The normalized spacial score (nSPS) is 24.1. The van der Waals surface area contributed by atoms with Gasteiger partial charge in [0.1, 0.15) is 0 Å². The third-order valence-corrected chi connectivity index (χ3v) is 4.75. The Labute approximate surface area is 111 Å². The van der Waals surface area contributed by atoms with Crippen molar-refractivity contribution in [1.82, 2.24) is 5.32 Å². The zero-order chi connectivity index (χ0) is 12.8. The van der Waals surface area contributed by atoms with Crippen molar-refractivity contribution in [3.63, 3.8) is 0 Å². The summed E-state index contributed by atoms with van der Waals surface area (Å²) in [6.45, 7) is 0.814. The standard InChI is InChI=1S/C15H28N2O/c16-15(10-4-1-5-11-15)14(18)17-12-6-9-13-7-2-3-8-13/h13H,1-12,16H2,(H,17,18). The number of amides is 1. The van der Waals surface area contributed by atoms with Crippen LogP contribution >= 0.6 is 0 Å². The quantitative estimate of drug-likeness (QED) is 0.739. The highest BCUT2D eigenvalue weighted by Gasteiger charge is 2.34. The average Bonchev–Trinajstić information content (AvgIpc) is 2.88. The van der Waals surface area contributed by atoms with Crippen LogP contribution in [0.2, 0.25) is 0 Å². The van der Waals surface area contributed by atoms with E-state index in [1.165, 1.54) is 38.5 Å². The lowest BCUT2D eigenvalue weighted by Crippen LogP contribution is -2.55. The molecule has 2 fully saturated rings.